The van der Waals surface area contributed by atoms with Gasteiger partial charge in [0.25, 0.3) is 11.7 Å². The summed E-state index contributed by atoms with van der Waals surface area (Å²) in [7, 11) is 2.79. The van der Waals surface area contributed by atoms with Gasteiger partial charge in [-0.05, 0) is 120 Å². The molecule has 13 unspecified atom stereocenters. The number of hydrogen-bond acceptors (Lipinski definition) is 11. The lowest BCUT2D eigenvalue weighted by molar-refractivity contribution is -0.302. The molecule has 3 heterocycles. The number of carbonyl (C=O) groups excluding carboxylic acids is 4. The third kappa shape index (κ3) is 13.0. The van der Waals surface area contributed by atoms with E-state index in [9.17, 15) is 24.3 Å². The zero-order valence-corrected chi connectivity index (χ0v) is 41.8. The molecule has 1 N–H and O–H groups in total. The Morgan fingerprint density at radius 1 is 0.952 bits per heavy atom. The zero-order chi connectivity index (χ0) is 47.0. The van der Waals surface area contributed by atoms with Crippen LogP contribution in [-0.2, 0) is 47.3 Å². The Hall–Kier alpha value is -2.78. The highest BCUT2D eigenvalue weighted by molar-refractivity contribution is 6.74. The lowest BCUT2D eigenvalue weighted by atomic mass is 9.82. The van der Waals surface area contributed by atoms with Crippen LogP contribution >= 0.6 is 0 Å². The second-order valence-corrected chi connectivity index (χ2v) is 25.4. The Morgan fingerprint density at radius 3 is 2.22 bits per heavy atom. The summed E-state index contributed by atoms with van der Waals surface area (Å²) in [6.45, 7) is 24.9. The molecule has 1 aliphatic carbocycles. The van der Waals surface area contributed by atoms with Crippen molar-refractivity contribution in [3.63, 3.8) is 0 Å². The number of aliphatic hydroxyl groups is 1. The van der Waals surface area contributed by atoms with Gasteiger partial charge in [-0.25, -0.2) is 4.79 Å². The Kier molecular flexibility index (Phi) is 19.0. The molecule has 0 aromatic heterocycles. The summed E-state index contributed by atoms with van der Waals surface area (Å²) in [6.07, 6.45) is 12.1. The van der Waals surface area contributed by atoms with Crippen molar-refractivity contribution in [2.75, 3.05) is 27.9 Å². The van der Waals surface area contributed by atoms with Crippen LogP contribution in [-0.4, -0.2) is 118 Å². The predicted octanol–water partition coefficient (Wildman–Crippen LogP) is 8.47. The second kappa shape index (κ2) is 22.6. The molecule has 4 aliphatic rings. The first-order valence-electron chi connectivity index (χ1n) is 23.4. The number of ether oxygens (including phenoxy) is 5. The van der Waals surface area contributed by atoms with Gasteiger partial charge in [0.15, 0.2) is 14.1 Å². The number of rotatable bonds is 9. The van der Waals surface area contributed by atoms with Crippen molar-refractivity contribution >= 4 is 31.8 Å². The van der Waals surface area contributed by atoms with Gasteiger partial charge in [-0.1, -0.05) is 71.4 Å². The maximum Gasteiger partial charge on any atom is 0.329 e. The van der Waals surface area contributed by atoms with E-state index >= 15 is 0 Å². The highest BCUT2D eigenvalue weighted by atomic mass is 28.4. The lowest BCUT2D eigenvalue weighted by Crippen LogP contribution is -2.64. The van der Waals surface area contributed by atoms with E-state index in [-0.39, 0.29) is 54.3 Å². The predicted molar refractivity (Wildman–Crippen MR) is 247 cm³/mol. The molecule has 4 rings (SSSR count). The standard InChI is InChI=1S/C50H81NO11Si/c1-15-18-37-26-31(2)25-32(3)27-42(58-11)45-43(59-12)29-35(6)50(56,61-45)46(53)47(54)51-24-17-16-19-38(51)48(55)60-44(33(4)20-22-39(37)52)34(5)28-36-21-23-40(41(30-36)57-10)62-63(13,14)49(7,8)9/h15,20,22,26,28,32-33,35-38,40-45,56H,1,16-19,21,23-25,27,29-30H2,2-14H3. The number of methoxy groups -OCH3 is 3. The molecule has 13 atom stereocenters. The van der Waals surface area contributed by atoms with Crippen LogP contribution in [0.4, 0.5) is 0 Å². The van der Waals surface area contributed by atoms with Crippen molar-refractivity contribution in [3.05, 3.63) is 48.1 Å². The van der Waals surface area contributed by atoms with E-state index in [0.717, 1.165) is 30.4 Å². The quantitative estimate of drug-likeness (QED) is 0.103. The van der Waals surface area contributed by atoms with Crippen molar-refractivity contribution in [1.29, 1.82) is 0 Å². The summed E-state index contributed by atoms with van der Waals surface area (Å²) in [5.41, 5.74) is 1.84. The maximum atomic E-state index is 14.5. The highest BCUT2D eigenvalue weighted by Crippen LogP contribution is 2.42. The smallest absolute Gasteiger partial charge is 0.329 e. The fourth-order valence-corrected chi connectivity index (χ4v) is 11.2. The minimum absolute atomic E-state index is 0.0172. The fourth-order valence-electron chi connectivity index (χ4n) is 9.80. The minimum atomic E-state index is -2.48. The van der Waals surface area contributed by atoms with Gasteiger partial charge in [-0.15, -0.1) is 6.58 Å². The number of fused-ring (bicyclic) bond motifs is 3. The third-order valence-electron chi connectivity index (χ3n) is 14.6. The molecular weight excluding hydrogens is 819 g/mol. The van der Waals surface area contributed by atoms with Crippen molar-refractivity contribution in [1.82, 2.24) is 4.90 Å². The Bertz CT molecular complexity index is 1700. The minimum Gasteiger partial charge on any atom is -0.456 e. The van der Waals surface area contributed by atoms with E-state index in [1.165, 1.54) is 4.90 Å². The lowest BCUT2D eigenvalue weighted by Gasteiger charge is -2.47. The summed E-state index contributed by atoms with van der Waals surface area (Å²) in [6, 6.07) is -1.07. The van der Waals surface area contributed by atoms with Crippen LogP contribution in [0.5, 0.6) is 0 Å². The molecule has 3 aliphatic heterocycles. The first-order valence-corrected chi connectivity index (χ1v) is 26.3. The monoisotopic (exact) mass is 900 g/mol. The average molecular weight is 900 g/mol. The number of esters is 1. The number of cyclic esters (lactones) is 1. The molecule has 0 aromatic rings. The Balaban J connectivity index is 1.75. The van der Waals surface area contributed by atoms with Crippen LogP contribution in [0.25, 0.3) is 0 Å². The van der Waals surface area contributed by atoms with Gasteiger partial charge in [-0.2, -0.15) is 0 Å². The number of hydrogen-bond donors (Lipinski definition) is 1. The number of amides is 1. The summed E-state index contributed by atoms with van der Waals surface area (Å²) in [4.78, 5) is 58.4. The molecular formula is C50H81NO11Si. The van der Waals surface area contributed by atoms with Crippen LogP contribution in [0.15, 0.2) is 48.1 Å². The van der Waals surface area contributed by atoms with Crippen LogP contribution < -0.4 is 0 Å². The maximum absolute atomic E-state index is 14.5. The van der Waals surface area contributed by atoms with Gasteiger partial charge in [0.1, 0.15) is 18.2 Å². The summed E-state index contributed by atoms with van der Waals surface area (Å²) < 4.78 is 37.4. The van der Waals surface area contributed by atoms with Crippen molar-refractivity contribution in [2.45, 2.75) is 186 Å². The van der Waals surface area contributed by atoms with Gasteiger partial charge in [0.05, 0.1) is 24.4 Å². The van der Waals surface area contributed by atoms with Gasteiger partial charge in [0, 0.05) is 45.6 Å². The van der Waals surface area contributed by atoms with Crippen LogP contribution in [0.3, 0.4) is 0 Å². The number of nitrogens with zero attached hydrogens (tertiary/aromatic N) is 1. The third-order valence-corrected chi connectivity index (χ3v) is 19.1. The SMILES string of the molecule is C=CCC1C=C(C)CC(C)CC(OC)C2OC(O)(C(=O)C(=O)N3CCCCC3C(=O)OC(C(C)=CC3CCC(O[Si](C)(C)C(C)(C)C)C(OC)C3)C(C)C=CC1=O)C(C)CC2OC. The molecule has 63 heavy (non-hydrogen) atoms. The van der Waals surface area contributed by atoms with E-state index in [4.69, 9.17) is 28.1 Å². The zero-order valence-electron chi connectivity index (χ0n) is 40.8. The topological polar surface area (TPSA) is 147 Å². The number of allylic oxidation sites excluding steroid dienone is 5. The molecule has 2 saturated heterocycles. The first kappa shape index (κ1) is 52.8. The average Bonchev–Trinajstić information content (AvgIpc) is 3.23. The molecule has 1 amide bonds. The molecule has 356 valence electrons. The summed E-state index contributed by atoms with van der Waals surface area (Å²) in [5, 5.41) is 12.2. The normalized spacial score (nSPS) is 36.5. The van der Waals surface area contributed by atoms with Crippen molar-refractivity contribution in [2.24, 2.45) is 29.6 Å². The first-order chi connectivity index (χ1) is 29.5. The molecule has 2 bridgehead atoms. The van der Waals surface area contributed by atoms with Gasteiger partial charge in [-0.3, -0.25) is 14.4 Å². The molecule has 1 saturated carbocycles. The highest BCUT2D eigenvalue weighted by Gasteiger charge is 2.56. The molecule has 3 fully saturated rings. The van der Waals surface area contributed by atoms with E-state index < -0.39 is 80.0 Å². The van der Waals surface area contributed by atoms with Crippen molar-refractivity contribution in [3.8, 4) is 0 Å². The molecule has 12 nitrogen and oxygen atoms in total. The van der Waals surface area contributed by atoms with Crippen molar-refractivity contribution < 1.29 is 52.4 Å². The van der Waals surface area contributed by atoms with E-state index in [0.29, 0.717) is 32.1 Å². The molecule has 0 radical (unpaired) electrons. The van der Waals surface area contributed by atoms with E-state index in [1.54, 1.807) is 46.5 Å². The number of carbonyl (C=O) groups is 4. The Morgan fingerprint density at radius 2 is 1.60 bits per heavy atom. The number of piperidine rings is 1. The molecule has 0 aromatic carbocycles. The van der Waals surface area contributed by atoms with Gasteiger partial charge >= 0.3 is 5.97 Å². The molecule has 0 spiro atoms. The summed E-state index contributed by atoms with van der Waals surface area (Å²) in [5.74, 6) is -6.85. The fraction of sp³-hybridized carbons (Fsp3) is 0.760. The van der Waals surface area contributed by atoms with Gasteiger partial charge < -0.3 is 38.1 Å². The number of Topliss-reactive ketones (excluding diaryl/α,β-unsaturated/α-hetero) is 1. The Labute approximate surface area is 379 Å². The van der Waals surface area contributed by atoms with E-state index in [1.807, 2.05) is 26.8 Å². The largest absolute Gasteiger partial charge is 0.456 e. The second-order valence-electron chi connectivity index (χ2n) is 20.6. The number of ketones is 2. The summed E-state index contributed by atoms with van der Waals surface area (Å²) >= 11 is 0. The van der Waals surface area contributed by atoms with Crippen LogP contribution in [0.2, 0.25) is 18.1 Å². The van der Waals surface area contributed by atoms with E-state index in [2.05, 4.69) is 53.4 Å². The molecule has 13 heteroatoms. The van der Waals surface area contributed by atoms with Crippen LogP contribution in [0.1, 0.15) is 120 Å². The van der Waals surface area contributed by atoms with Crippen LogP contribution in [0, 0.1) is 29.6 Å². The van der Waals surface area contributed by atoms with Gasteiger partial charge in [0.2, 0.25) is 5.79 Å².